The molecule has 3 N–H and O–H groups in total. The SMILES string of the molecule is CC(C)CSc1n[nH]c(N/N=C/c2c[nH]c3ccccc23)n1. The lowest BCUT2D eigenvalue weighted by atomic mass is 10.2. The number of rotatable bonds is 6. The number of fused-ring (bicyclic) bond motifs is 1. The highest BCUT2D eigenvalue weighted by Gasteiger charge is 2.04. The Morgan fingerprint density at radius 1 is 1.36 bits per heavy atom. The number of hydrogen-bond acceptors (Lipinski definition) is 5. The van der Waals surface area contributed by atoms with Crippen LogP contribution in [0.3, 0.4) is 0 Å². The Labute approximate surface area is 132 Å². The third-order valence-electron chi connectivity index (χ3n) is 3.01. The van der Waals surface area contributed by atoms with Crippen molar-refractivity contribution in [1.29, 1.82) is 0 Å². The normalized spacial score (nSPS) is 11.8. The lowest BCUT2D eigenvalue weighted by Crippen LogP contribution is -1.92. The van der Waals surface area contributed by atoms with Crippen molar-refractivity contribution in [2.45, 2.75) is 19.0 Å². The molecule has 0 radical (unpaired) electrons. The van der Waals surface area contributed by atoms with Crippen molar-refractivity contribution in [2.75, 3.05) is 11.2 Å². The minimum Gasteiger partial charge on any atom is -0.361 e. The number of aromatic amines is 2. The van der Waals surface area contributed by atoms with E-state index in [0.717, 1.165) is 27.4 Å². The van der Waals surface area contributed by atoms with Gasteiger partial charge in [0.25, 0.3) is 0 Å². The van der Waals surface area contributed by atoms with Gasteiger partial charge in [0, 0.05) is 28.4 Å². The molecule has 22 heavy (non-hydrogen) atoms. The van der Waals surface area contributed by atoms with E-state index in [9.17, 15) is 0 Å². The molecule has 7 heteroatoms. The van der Waals surface area contributed by atoms with Gasteiger partial charge in [0.2, 0.25) is 11.1 Å². The molecule has 1 aromatic carbocycles. The molecule has 0 saturated heterocycles. The fraction of sp³-hybridized carbons (Fsp3) is 0.267. The molecule has 3 aromatic rings. The molecular formula is C15H18N6S. The van der Waals surface area contributed by atoms with E-state index >= 15 is 0 Å². The number of thioether (sulfide) groups is 1. The Bertz CT molecular complexity index is 773. The molecule has 6 nitrogen and oxygen atoms in total. The van der Waals surface area contributed by atoms with Crippen LogP contribution in [0.25, 0.3) is 10.9 Å². The molecule has 0 amide bonds. The van der Waals surface area contributed by atoms with Crippen molar-refractivity contribution in [3.63, 3.8) is 0 Å². The van der Waals surface area contributed by atoms with E-state index in [-0.39, 0.29) is 0 Å². The zero-order chi connectivity index (χ0) is 15.4. The third kappa shape index (κ3) is 3.48. The summed E-state index contributed by atoms with van der Waals surface area (Å²) in [5.74, 6) is 2.15. The molecule has 0 aliphatic heterocycles. The summed E-state index contributed by atoms with van der Waals surface area (Å²) in [6.45, 7) is 4.34. The van der Waals surface area contributed by atoms with Crippen LogP contribution in [0.1, 0.15) is 19.4 Å². The van der Waals surface area contributed by atoms with E-state index in [1.165, 1.54) is 0 Å². The highest BCUT2D eigenvalue weighted by Crippen LogP contribution is 2.17. The van der Waals surface area contributed by atoms with E-state index in [2.05, 4.69) is 50.6 Å². The average Bonchev–Trinajstić information content (AvgIpc) is 3.13. The van der Waals surface area contributed by atoms with Crippen molar-refractivity contribution in [2.24, 2.45) is 11.0 Å². The van der Waals surface area contributed by atoms with Crippen LogP contribution in [0.4, 0.5) is 5.95 Å². The summed E-state index contributed by atoms with van der Waals surface area (Å²) in [5.41, 5.74) is 4.99. The second kappa shape index (κ2) is 6.65. The molecule has 2 aromatic heterocycles. The smallest absolute Gasteiger partial charge is 0.240 e. The van der Waals surface area contributed by atoms with E-state index in [0.29, 0.717) is 11.9 Å². The van der Waals surface area contributed by atoms with Crippen LogP contribution >= 0.6 is 11.8 Å². The van der Waals surface area contributed by atoms with Crippen LogP contribution in [-0.4, -0.2) is 32.1 Å². The average molecular weight is 314 g/mol. The van der Waals surface area contributed by atoms with Crippen LogP contribution < -0.4 is 5.43 Å². The van der Waals surface area contributed by atoms with Gasteiger partial charge >= 0.3 is 0 Å². The van der Waals surface area contributed by atoms with Crippen molar-refractivity contribution in [3.8, 4) is 0 Å². The highest BCUT2D eigenvalue weighted by atomic mass is 32.2. The molecule has 114 valence electrons. The van der Waals surface area contributed by atoms with Crippen LogP contribution in [0.2, 0.25) is 0 Å². The maximum absolute atomic E-state index is 4.33. The fourth-order valence-corrected chi connectivity index (χ4v) is 2.71. The standard InChI is InChI=1S/C15H18N6S/c1-10(2)9-22-15-18-14(20-21-15)19-17-8-11-7-16-13-6-4-3-5-12(11)13/h3-8,10,16H,9H2,1-2H3,(H2,18,19,20,21)/b17-8+. The van der Waals surface area contributed by atoms with Gasteiger partial charge in [-0.15, -0.1) is 5.10 Å². The van der Waals surface area contributed by atoms with Gasteiger partial charge in [0.15, 0.2) is 0 Å². The number of para-hydroxylation sites is 1. The van der Waals surface area contributed by atoms with Gasteiger partial charge in [-0.25, -0.2) is 10.5 Å². The monoisotopic (exact) mass is 314 g/mol. The molecule has 0 unspecified atom stereocenters. The first-order valence-electron chi connectivity index (χ1n) is 7.13. The van der Waals surface area contributed by atoms with Gasteiger partial charge in [-0.3, -0.25) is 0 Å². The number of hydrazone groups is 1. The first-order chi connectivity index (χ1) is 10.7. The summed E-state index contributed by atoms with van der Waals surface area (Å²) in [5, 5.41) is 13.0. The number of aromatic nitrogens is 4. The molecule has 0 aliphatic rings. The van der Waals surface area contributed by atoms with E-state index in [1.807, 2.05) is 24.4 Å². The predicted octanol–water partition coefficient (Wildman–Crippen LogP) is 3.48. The van der Waals surface area contributed by atoms with Crippen molar-refractivity contribution in [3.05, 3.63) is 36.0 Å². The van der Waals surface area contributed by atoms with Crippen LogP contribution in [0.15, 0.2) is 40.7 Å². The minimum absolute atomic E-state index is 0.544. The molecule has 0 aliphatic carbocycles. The molecule has 0 saturated carbocycles. The molecule has 3 rings (SSSR count). The minimum atomic E-state index is 0.544. The fourth-order valence-electron chi connectivity index (χ4n) is 1.97. The first-order valence-corrected chi connectivity index (χ1v) is 8.11. The lowest BCUT2D eigenvalue weighted by Gasteiger charge is -1.98. The zero-order valence-corrected chi connectivity index (χ0v) is 13.3. The summed E-state index contributed by atoms with van der Waals surface area (Å²) in [4.78, 5) is 7.54. The Morgan fingerprint density at radius 2 is 2.23 bits per heavy atom. The summed E-state index contributed by atoms with van der Waals surface area (Å²) in [6.07, 6.45) is 3.70. The first kappa shape index (κ1) is 14.6. The molecule has 2 heterocycles. The van der Waals surface area contributed by atoms with Crippen molar-refractivity contribution in [1.82, 2.24) is 20.2 Å². The number of anilines is 1. The van der Waals surface area contributed by atoms with Crippen LogP contribution in [0.5, 0.6) is 0 Å². The Kier molecular flexibility index (Phi) is 4.43. The second-order valence-electron chi connectivity index (χ2n) is 5.33. The van der Waals surface area contributed by atoms with Gasteiger partial charge < -0.3 is 4.98 Å². The van der Waals surface area contributed by atoms with Crippen molar-refractivity contribution < 1.29 is 0 Å². The third-order valence-corrected chi connectivity index (χ3v) is 4.28. The zero-order valence-electron chi connectivity index (χ0n) is 12.5. The summed E-state index contributed by atoms with van der Waals surface area (Å²) in [6, 6.07) is 8.11. The predicted molar refractivity (Wildman–Crippen MR) is 91.5 cm³/mol. The quantitative estimate of drug-likeness (QED) is 0.369. The maximum atomic E-state index is 4.33. The van der Waals surface area contributed by atoms with Gasteiger partial charge in [-0.1, -0.05) is 43.8 Å². The molecule has 0 bridgehead atoms. The number of H-pyrrole nitrogens is 2. The second-order valence-corrected chi connectivity index (χ2v) is 6.32. The van der Waals surface area contributed by atoms with Gasteiger partial charge in [0.05, 0.1) is 6.21 Å². The number of hydrogen-bond donors (Lipinski definition) is 3. The topological polar surface area (TPSA) is 81.8 Å². The lowest BCUT2D eigenvalue weighted by molar-refractivity contribution is 0.748. The molecule has 0 spiro atoms. The van der Waals surface area contributed by atoms with Gasteiger partial charge in [-0.2, -0.15) is 10.1 Å². The largest absolute Gasteiger partial charge is 0.361 e. The molecule has 0 atom stereocenters. The Hall–Kier alpha value is -2.28. The molecule has 0 fully saturated rings. The number of nitrogens with zero attached hydrogens (tertiary/aromatic N) is 3. The van der Waals surface area contributed by atoms with Gasteiger partial charge in [0.1, 0.15) is 0 Å². The summed E-state index contributed by atoms with van der Waals surface area (Å²) < 4.78 is 0. The maximum Gasteiger partial charge on any atom is 0.240 e. The summed E-state index contributed by atoms with van der Waals surface area (Å²) in [7, 11) is 0. The van der Waals surface area contributed by atoms with Gasteiger partial charge in [-0.05, 0) is 12.0 Å². The Morgan fingerprint density at radius 3 is 3.09 bits per heavy atom. The highest BCUT2D eigenvalue weighted by molar-refractivity contribution is 7.99. The molecular weight excluding hydrogens is 296 g/mol. The van der Waals surface area contributed by atoms with Crippen LogP contribution in [-0.2, 0) is 0 Å². The van der Waals surface area contributed by atoms with E-state index < -0.39 is 0 Å². The van der Waals surface area contributed by atoms with E-state index in [4.69, 9.17) is 0 Å². The Balaban J connectivity index is 1.62. The van der Waals surface area contributed by atoms with Crippen molar-refractivity contribution >= 4 is 34.8 Å². The number of nitrogens with one attached hydrogen (secondary N) is 3. The number of benzene rings is 1. The van der Waals surface area contributed by atoms with Crippen LogP contribution in [0, 0.1) is 5.92 Å². The summed E-state index contributed by atoms with van der Waals surface area (Å²) >= 11 is 1.63. The van der Waals surface area contributed by atoms with E-state index in [1.54, 1.807) is 18.0 Å².